The summed E-state index contributed by atoms with van der Waals surface area (Å²) in [5, 5.41) is 33.3. The summed E-state index contributed by atoms with van der Waals surface area (Å²) < 4.78 is 0. The third kappa shape index (κ3) is 43.9. The second kappa shape index (κ2) is 48.0. The molecule has 58 heavy (non-hydrogen) atoms. The quantitative estimate of drug-likeness (QED) is 0.0364. The molecule has 0 aromatic heterocycles. The van der Waals surface area contributed by atoms with E-state index in [0.29, 0.717) is 6.42 Å². The molecule has 5 nitrogen and oxygen atoms in total. The first-order valence-corrected chi connectivity index (χ1v) is 25.4. The van der Waals surface area contributed by atoms with Crippen LogP contribution in [0.25, 0.3) is 0 Å². The van der Waals surface area contributed by atoms with Crippen molar-refractivity contribution in [1.82, 2.24) is 5.32 Å². The minimum Gasteiger partial charge on any atom is -0.394 e. The van der Waals surface area contributed by atoms with Gasteiger partial charge in [0.2, 0.25) is 5.91 Å². The second-order valence-corrected chi connectivity index (χ2v) is 17.4. The molecule has 0 bridgehead atoms. The van der Waals surface area contributed by atoms with Crippen molar-refractivity contribution in [3.63, 3.8) is 0 Å². The minimum absolute atomic E-state index is 0.00369. The van der Waals surface area contributed by atoms with Crippen LogP contribution >= 0.6 is 0 Å². The van der Waals surface area contributed by atoms with E-state index in [1.54, 1.807) is 6.08 Å². The lowest BCUT2D eigenvalue weighted by atomic mass is 10.0. The standard InChI is InChI=1S/C53H99NO4/c1-3-5-7-9-11-13-15-17-19-21-23-25-26-27-29-31-33-35-37-39-41-43-45-47-52(57)51(49-55)54-53(58)48-50(56)46-44-42-40-38-36-34-32-30-28-24-22-20-18-16-14-12-10-8-6-4-2/h29-32,37,39,45,47,50-52,55-57H,3-28,33-36,38,40-44,46,48-49H2,1-2H3,(H,54,58)/b31-29+,32-30-,39-37+,47-45+. The molecule has 0 aliphatic heterocycles. The lowest BCUT2D eigenvalue weighted by Gasteiger charge is -2.20. The van der Waals surface area contributed by atoms with Gasteiger partial charge in [0.1, 0.15) is 0 Å². The van der Waals surface area contributed by atoms with E-state index in [1.165, 1.54) is 180 Å². The molecule has 0 fully saturated rings. The number of hydrogen-bond donors (Lipinski definition) is 4. The lowest BCUT2D eigenvalue weighted by molar-refractivity contribution is -0.124. The summed E-state index contributed by atoms with van der Waals surface area (Å²) in [5.74, 6) is -0.333. The molecule has 340 valence electrons. The number of hydrogen-bond acceptors (Lipinski definition) is 4. The van der Waals surface area contributed by atoms with Crippen molar-refractivity contribution in [2.24, 2.45) is 0 Å². The molecular formula is C53H99NO4. The molecule has 4 N–H and O–H groups in total. The van der Waals surface area contributed by atoms with Gasteiger partial charge in [-0.25, -0.2) is 0 Å². The van der Waals surface area contributed by atoms with Gasteiger partial charge in [0.25, 0.3) is 0 Å². The highest BCUT2D eigenvalue weighted by atomic mass is 16.3. The average molecular weight is 814 g/mol. The van der Waals surface area contributed by atoms with Crippen LogP contribution in [0, 0.1) is 0 Å². The Labute approximate surface area is 361 Å². The first-order valence-electron chi connectivity index (χ1n) is 25.4. The Morgan fingerprint density at radius 1 is 0.431 bits per heavy atom. The molecule has 0 heterocycles. The Kier molecular flexibility index (Phi) is 46.6. The van der Waals surface area contributed by atoms with Crippen molar-refractivity contribution >= 4 is 5.91 Å². The number of carbonyl (C=O) groups is 1. The van der Waals surface area contributed by atoms with Crippen molar-refractivity contribution in [2.75, 3.05) is 6.61 Å². The third-order valence-corrected chi connectivity index (χ3v) is 11.6. The number of aliphatic hydroxyl groups excluding tert-OH is 3. The van der Waals surface area contributed by atoms with E-state index in [-0.39, 0.29) is 18.9 Å². The van der Waals surface area contributed by atoms with Crippen molar-refractivity contribution in [3.8, 4) is 0 Å². The van der Waals surface area contributed by atoms with Crippen LogP contribution in [-0.2, 0) is 4.79 Å². The summed E-state index contributed by atoms with van der Waals surface area (Å²) >= 11 is 0. The van der Waals surface area contributed by atoms with Gasteiger partial charge in [0, 0.05) is 0 Å². The maximum Gasteiger partial charge on any atom is 0.222 e. The monoisotopic (exact) mass is 814 g/mol. The summed E-state index contributed by atoms with van der Waals surface area (Å²) in [6.07, 6.45) is 62.8. The van der Waals surface area contributed by atoms with E-state index >= 15 is 0 Å². The molecule has 0 aliphatic carbocycles. The molecule has 1 amide bonds. The smallest absolute Gasteiger partial charge is 0.222 e. The normalized spacial score (nSPS) is 13.8. The van der Waals surface area contributed by atoms with Crippen LogP contribution < -0.4 is 5.32 Å². The molecule has 3 unspecified atom stereocenters. The van der Waals surface area contributed by atoms with Gasteiger partial charge >= 0.3 is 0 Å². The summed E-state index contributed by atoms with van der Waals surface area (Å²) in [6.45, 7) is 4.21. The Balaban J connectivity index is 3.70. The number of allylic oxidation sites excluding steroid dienone is 7. The van der Waals surface area contributed by atoms with Crippen molar-refractivity contribution in [1.29, 1.82) is 0 Å². The molecule has 0 radical (unpaired) electrons. The number of unbranched alkanes of at least 4 members (excludes halogenated alkanes) is 31. The zero-order valence-electron chi connectivity index (χ0n) is 38.7. The van der Waals surface area contributed by atoms with Gasteiger partial charge in [-0.05, 0) is 70.6 Å². The highest BCUT2D eigenvalue weighted by molar-refractivity contribution is 5.76. The topological polar surface area (TPSA) is 89.8 Å². The van der Waals surface area contributed by atoms with Gasteiger partial charge < -0.3 is 20.6 Å². The summed E-state index contributed by atoms with van der Waals surface area (Å²) in [4.78, 5) is 12.5. The summed E-state index contributed by atoms with van der Waals surface area (Å²) in [5.41, 5.74) is 0. The van der Waals surface area contributed by atoms with Gasteiger partial charge in [0.05, 0.1) is 31.3 Å². The Morgan fingerprint density at radius 2 is 0.741 bits per heavy atom. The Hall–Kier alpha value is -1.69. The third-order valence-electron chi connectivity index (χ3n) is 11.6. The van der Waals surface area contributed by atoms with Crippen LogP contribution in [0.5, 0.6) is 0 Å². The molecule has 0 spiro atoms. The van der Waals surface area contributed by atoms with E-state index in [1.807, 2.05) is 6.08 Å². The molecule has 0 rings (SSSR count). The summed E-state index contributed by atoms with van der Waals surface area (Å²) in [7, 11) is 0. The molecule has 0 aliphatic rings. The molecule has 0 saturated heterocycles. The first-order chi connectivity index (χ1) is 28.5. The van der Waals surface area contributed by atoms with Gasteiger partial charge in [-0.1, -0.05) is 229 Å². The molecule has 0 aromatic carbocycles. The number of aliphatic hydroxyl groups is 3. The molecule has 5 heteroatoms. The van der Waals surface area contributed by atoms with Crippen molar-refractivity contribution in [3.05, 3.63) is 48.6 Å². The largest absolute Gasteiger partial charge is 0.394 e. The average Bonchev–Trinajstić information content (AvgIpc) is 3.22. The van der Waals surface area contributed by atoms with Crippen LogP contribution in [0.1, 0.15) is 258 Å². The van der Waals surface area contributed by atoms with Crippen LogP contribution in [0.4, 0.5) is 0 Å². The molecule has 0 saturated carbocycles. The maximum atomic E-state index is 12.5. The van der Waals surface area contributed by atoms with Crippen molar-refractivity contribution < 1.29 is 20.1 Å². The predicted molar refractivity (Wildman–Crippen MR) is 254 cm³/mol. The van der Waals surface area contributed by atoms with E-state index in [0.717, 1.165) is 51.4 Å². The van der Waals surface area contributed by atoms with E-state index in [2.05, 4.69) is 55.6 Å². The zero-order chi connectivity index (χ0) is 42.3. The van der Waals surface area contributed by atoms with Crippen LogP contribution in [-0.4, -0.2) is 46.1 Å². The Morgan fingerprint density at radius 3 is 1.10 bits per heavy atom. The van der Waals surface area contributed by atoms with Gasteiger partial charge in [-0.15, -0.1) is 0 Å². The Bertz CT molecular complexity index is 943. The fraction of sp³-hybridized carbons (Fsp3) is 0.830. The number of rotatable bonds is 46. The fourth-order valence-electron chi connectivity index (χ4n) is 7.66. The van der Waals surface area contributed by atoms with Gasteiger partial charge in [-0.3, -0.25) is 4.79 Å². The van der Waals surface area contributed by atoms with Crippen LogP contribution in [0.15, 0.2) is 48.6 Å². The highest BCUT2D eigenvalue weighted by Crippen LogP contribution is 2.15. The van der Waals surface area contributed by atoms with E-state index < -0.39 is 18.2 Å². The van der Waals surface area contributed by atoms with Crippen LogP contribution in [0.2, 0.25) is 0 Å². The second-order valence-electron chi connectivity index (χ2n) is 17.4. The van der Waals surface area contributed by atoms with Gasteiger partial charge in [0.15, 0.2) is 0 Å². The van der Waals surface area contributed by atoms with Crippen LogP contribution in [0.3, 0.4) is 0 Å². The number of nitrogens with one attached hydrogen (secondary N) is 1. The highest BCUT2D eigenvalue weighted by Gasteiger charge is 2.20. The predicted octanol–water partition coefficient (Wildman–Crippen LogP) is 15.3. The summed E-state index contributed by atoms with van der Waals surface area (Å²) in [6, 6.07) is -0.772. The molecule has 0 aromatic rings. The molecular weight excluding hydrogens is 715 g/mol. The lowest BCUT2D eigenvalue weighted by Crippen LogP contribution is -2.45. The zero-order valence-corrected chi connectivity index (χ0v) is 38.7. The SMILES string of the molecule is CCCCCCCCCCCCC/C=C\CCCCCCCC(O)CC(=O)NC(CO)C(O)/C=C/CC/C=C/CC/C=C/CCCCCCCCCCCCCCC. The van der Waals surface area contributed by atoms with E-state index in [4.69, 9.17) is 0 Å². The minimum atomic E-state index is -0.963. The molecule has 3 atom stereocenters. The van der Waals surface area contributed by atoms with E-state index in [9.17, 15) is 20.1 Å². The number of amides is 1. The first kappa shape index (κ1) is 56.3. The maximum absolute atomic E-state index is 12.5. The van der Waals surface area contributed by atoms with Crippen molar-refractivity contribution in [2.45, 2.75) is 276 Å². The van der Waals surface area contributed by atoms with Gasteiger partial charge in [-0.2, -0.15) is 0 Å². The fourth-order valence-corrected chi connectivity index (χ4v) is 7.66. The number of carbonyl (C=O) groups excluding carboxylic acids is 1.